The Morgan fingerprint density at radius 3 is 0.840 bits per heavy atom. The largest absolute Gasteiger partial charge is 0.462 e. The van der Waals surface area contributed by atoms with Crippen LogP contribution in [-0.2, 0) is 28.6 Å². The fourth-order valence-corrected chi connectivity index (χ4v) is 8.83. The summed E-state index contributed by atoms with van der Waals surface area (Å²) in [6.07, 6.45) is 84.0. The summed E-state index contributed by atoms with van der Waals surface area (Å²) in [6.45, 7) is 6.52. The summed E-state index contributed by atoms with van der Waals surface area (Å²) < 4.78 is 16.9. The molecule has 0 amide bonds. The Bertz CT molecular complexity index is 1480. The second-order valence-corrected chi connectivity index (χ2v) is 20.9. The zero-order valence-electron chi connectivity index (χ0n) is 49.3. The fourth-order valence-electron chi connectivity index (χ4n) is 8.83. The smallest absolute Gasteiger partial charge is 0.306 e. The molecule has 0 aromatic rings. The Kier molecular flexibility index (Phi) is 59.8. The summed E-state index contributed by atoms with van der Waals surface area (Å²) >= 11 is 0. The zero-order valence-corrected chi connectivity index (χ0v) is 49.3. The standard InChI is InChI=1S/C69H118O6/c1-4-7-10-13-16-19-22-25-28-31-32-33-34-35-36-37-38-39-42-44-47-50-53-56-59-62-68(71)74-65-66(75-69(72)63-60-57-54-51-48-45-41-30-27-24-21-18-15-12-9-6-3)64-73-67(70)61-58-55-52-49-46-43-40-29-26-23-20-17-14-11-8-5-2/h7,10,16,19,25,28,30,32-33,35-36,38-39,41,44,47,66H,4-6,8-9,11-15,17-18,20-24,26-27,29,31,34,37,40,42-43,45-46,48-65H2,1-3H3/b10-7-,19-16-,28-25-,33-32-,36-35-,39-38-,41-30-,47-44-. The van der Waals surface area contributed by atoms with Crippen molar-refractivity contribution >= 4 is 17.9 Å². The number of esters is 3. The molecule has 0 rings (SSSR count). The summed E-state index contributed by atoms with van der Waals surface area (Å²) in [5.74, 6) is -0.921. The van der Waals surface area contributed by atoms with Crippen molar-refractivity contribution in [2.45, 2.75) is 309 Å². The van der Waals surface area contributed by atoms with E-state index in [4.69, 9.17) is 14.2 Å². The van der Waals surface area contributed by atoms with Crippen LogP contribution in [0.15, 0.2) is 97.2 Å². The molecule has 0 aliphatic rings. The van der Waals surface area contributed by atoms with Crippen LogP contribution in [0.3, 0.4) is 0 Å². The lowest BCUT2D eigenvalue weighted by Crippen LogP contribution is -2.30. The van der Waals surface area contributed by atoms with Crippen molar-refractivity contribution in [3.8, 4) is 0 Å². The first kappa shape index (κ1) is 71.3. The first-order valence-electron chi connectivity index (χ1n) is 31.7. The maximum absolute atomic E-state index is 12.9. The van der Waals surface area contributed by atoms with E-state index in [1.165, 1.54) is 141 Å². The predicted molar refractivity (Wildman–Crippen MR) is 325 cm³/mol. The number of carbonyl (C=O) groups is 3. The van der Waals surface area contributed by atoms with E-state index in [0.717, 1.165) is 122 Å². The average molecular weight is 1040 g/mol. The Morgan fingerprint density at radius 2 is 0.520 bits per heavy atom. The molecule has 1 unspecified atom stereocenters. The molecule has 430 valence electrons. The SMILES string of the molecule is CC/C=C\C/C=C\C/C=C\C/C=C\C/C=C\C/C=C\C/C=C\CCCCCC(=O)OCC(COC(=O)CCCCCCCCCCCCCCCCCC)OC(=O)CCCCCCC/C=C\CCCCCCCCC. The predicted octanol–water partition coefficient (Wildman–Crippen LogP) is 21.7. The van der Waals surface area contributed by atoms with E-state index in [9.17, 15) is 14.4 Å². The van der Waals surface area contributed by atoms with Crippen LogP contribution < -0.4 is 0 Å². The molecule has 0 radical (unpaired) electrons. The van der Waals surface area contributed by atoms with Gasteiger partial charge < -0.3 is 14.2 Å². The highest BCUT2D eigenvalue weighted by Gasteiger charge is 2.19. The first-order chi connectivity index (χ1) is 37.0. The minimum absolute atomic E-state index is 0.0892. The number of hydrogen-bond donors (Lipinski definition) is 0. The highest BCUT2D eigenvalue weighted by atomic mass is 16.6. The van der Waals surface area contributed by atoms with Gasteiger partial charge in [0.1, 0.15) is 13.2 Å². The summed E-state index contributed by atoms with van der Waals surface area (Å²) in [5, 5.41) is 0. The van der Waals surface area contributed by atoms with Crippen molar-refractivity contribution < 1.29 is 28.6 Å². The third kappa shape index (κ3) is 61.1. The van der Waals surface area contributed by atoms with Gasteiger partial charge >= 0.3 is 17.9 Å². The maximum Gasteiger partial charge on any atom is 0.306 e. The van der Waals surface area contributed by atoms with E-state index in [1.54, 1.807) is 0 Å². The normalized spacial score (nSPS) is 12.7. The number of rotatable bonds is 57. The lowest BCUT2D eigenvalue weighted by molar-refractivity contribution is -0.167. The van der Waals surface area contributed by atoms with E-state index < -0.39 is 6.10 Å². The van der Waals surface area contributed by atoms with Crippen molar-refractivity contribution in [1.82, 2.24) is 0 Å². The molecule has 0 bridgehead atoms. The van der Waals surface area contributed by atoms with E-state index in [0.29, 0.717) is 19.3 Å². The van der Waals surface area contributed by atoms with Gasteiger partial charge in [0.15, 0.2) is 6.10 Å². The molecule has 0 saturated carbocycles. The zero-order chi connectivity index (χ0) is 54.3. The first-order valence-corrected chi connectivity index (χ1v) is 31.7. The summed E-state index contributed by atoms with van der Waals surface area (Å²) in [6, 6.07) is 0. The van der Waals surface area contributed by atoms with Crippen molar-refractivity contribution in [2.24, 2.45) is 0 Å². The van der Waals surface area contributed by atoms with Crippen LogP contribution in [0.2, 0.25) is 0 Å². The van der Waals surface area contributed by atoms with E-state index in [1.807, 2.05) is 0 Å². The van der Waals surface area contributed by atoms with E-state index in [-0.39, 0.29) is 31.1 Å². The molecule has 75 heavy (non-hydrogen) atoms. The van der Waals surface area contributed by atoms with Gasteiger partial charge in [-0.15, -0.1) is 0 Å². The van der Waals surface area contributed by atoms with Crippen LogP contribution in [0, 0.1) is 0 Å². The van der Waals surface area contributed by atoms with Crippen LogP contribution in [0.1, 0.15) is 303 Å². The van der Waals surface area contributed by atoms with Crippen LogP contribution in [0.4, 0.5) is 0 Å². The van der Waals surface area contributed by atoms with Gasteiger partial charge in [-0.05, 0) is 103 Å². The average Bonchev–Trinajstić information content (AvgIpc) is 3.41. The molecule has 0 fully saturated rings. The number of allylic oxidation sites excluding steroid dienone is 16. The number of ether oxygens (including phenoxy) is 3. The van der Waals surface area contributed by atoms with Gasteiger partial charge in [-0.2, -0.15) is 0 Å². The van der Waals surface area contributed by atoms with Crippen molar-refractivity contribution in [1.29, 1.82) is 0 Å². The molecule has 0 heterocycles. The van der Waals surface area contributed by atoms with Crippen LogP contribution in [0.5, 0.6) is 0 Å². The molecule has 0 aromatic carbocycles. The third-order valence-corrected chi connectivity index (χ3v) is 13.6. The van der Waals surface area contributed by atoms with Crippen molar-refractivity contribution in [3.63, 3.8) is 0 Å². The van der Waals surface area contributed by atoms with Crippen LogP contribution >= 0.6 is 0 Å². The topological polar surface area (TPSA) is 78.9 Å². The van der Waals surface area contributed by atoms with Gasteiger partial charge in [0.05, 0.1) is 0 Å². The van der Waals surface area contributed by atoms with Crippen molar-refractivity contribution in [2.75, 3.05) is 13.2 Å². The fraction of sp³-hybridized carbons (Fsp3) is 0.725. The third-order valence-electron chi connectivity index (χ3n) is 13.6. The quantitative estimate of drug-likeness (QED) is 0.0261. The van der Waals surface area contributed by atoms with E-state index in [2.05, 4.69) is 118 Å². The summed E-state index contributed by atoms with van der Waals surface area (Å²) in [7, 11) is 0. The van der Waals surface area contributed by atoms with Gasteiger partial charge in [0.2, 0.25) is 0 Å². The van der Waals surface area contributed by atoms with Gasteiger partial charge in [-0.3, -0.25) is 14.4 Å². The Labute approximate surface area is 464 Å². The lowest BCUT2D eigenvalue weighted by Gasteiger charge is -2.18. The van der Waals surface area contributed by atoms with Crippen molar-refractivity contribution in [3.05, 3.63) is 97.2 Å². The molecule has 6 nitrogen and oxygen atoms in total. The van der Waals surface area contributed by atoms with Gasteiger partial charge in [0, 0.05) is 19.3 Å². The van der Waals surface area contributed by atoms with E-state index >= 15 is 0 Å². The molecule has 0 aromatic heterocycles. The summed E-state index contributed by atoms with van der Waals surface area (Å²) in [4.78, 5) is 38.3. The van der Waals surface area contributed by atoms with Gasteiger partial charge in [0.25, 0.3) is 0 Å². The Balaban J connectivity index is 4.43. The Morgan fingerprint density at radius 1 is 0.280 bits per heavy atom. The van der Waals surface area contributed by atoms with Gasteiger partial charge in [-0.1, -0.05) is 279 Å². The molecular formula is C69H118O6. The van der Waals surface area contributed by atoms with Gasteiger partial charge in [-0.25, -0.2) is 0 Å². The number of hydrogen-bond acceptors (Lipinski definition) is 6. The van der Waals surface area contributed by atoms with Crippen LogP contribution in [-0.4, -0.2) is 37.2 Å². The molecule has 0 N–H and O–H groups in total. The minimum atomic E-state index is -0.796. The molecule has 1 atom stereocenters. The molecule has 0 saturated heterocycles. The number of unbranched alkanes of at least 4 members (excludes halogenated alkanes) is 30. The van der Waals surface area contributed by atoms with Crippen LogP contribution in [0.25, 0.3) is 0 Å². The monoisotopic (exact) mass is 1040 g/mol. The molecular weight excluding hydrogens is 925 g/mol. The highest BCUT2D eigenvalue weighted by Crippen LogP contribution is 2.16. The second kappa shape index (κ2) is 62.9. The molecule has 0 spiro atoms. The Hall–Kier alpha value is -3.67. The number of carbonyl (C=O) groups excluding carboxylic acids is 3. The maximum atomic E-state index is 12.9. The second-order valence-electron chi connectivity index (χ2n) is 20.9. The summed E-state index contributed by atoms with van der Waals surface area (Å²) in [5.41, 5.74) is 0. The molecule has 6 heteroatoms. The molecule has 0 aliphatic heterocycles. The lowest BCUT2D eigenvalue weighted by atomic mass is 10.0. The highest BCUT2D eigenvalue weighted by molar-refractivity contribution is 5.71. The molecule has 0 aliphatic carbocycles. The minimum Gasteiger partial charge on any atom is -0.462 e.